The molecule has 1 N–H and O–H groups in total. The highest BCUT2D eigenvalue weighted by Crippen LogP contribution is 2.23. The molecule has 18 heavy (non-hydrogen) atoms. The zero-order valence-corrected chi connectivity index (χ0v) is 11.2. The number of ether oxygens (including phenoxy) is 1. The summed E-state index contributed by atoms with van der Waals surface area (Å²) < 4.78 is 31.8. The van der Waals surface area contributed by atoms with Crippen LogP contribution < -0.4 is 5.32 Å². The van der Waals surface area contributed by atoms with Gasteiger partial charge in [-0.05, 0) is 32.4 Å². The highest BCUT2D eigenvalue weighted by Gasteiger charge is 2.16. The van der Waals surface area contributed by atoms with Crippen molar-refractivity contribution in [1.29, 1.82) is 0 Å². The molecule has 0 saturated heterocycles. The van der Waals surface area contributed by atoms with Crippen molar-refractivity contribution >= 4 is 0 Å². The van der Waals surface area contributed by atoms with Crippen molar-refractivity contribution in [3.05, 3.63) is 35.4 Å². The van der Waals surface area contributed by atoms with Crippen molar-refractivity contribution in [1.82, 2.24) is 5.32 Å². The van der Waals surface area contributed by atoms with Crippen LogP contribution in [0.4, 0.5) is 8.78 Å². The van der Waals surface area contributed by atoms with E-state index in [1.165, 1.54) is 12.1 Å². The molecule has 4 heteroatoms. The van der Waals surface area contributed by atoms with Gasteiger partial charge in [-0.15, -0.1) is 0 Å². The van der Waals surface area contributed by atoms with Crippen LogP contribution in [-0.4, -0.2) is 19.8 Å². The molecular weight excluding hydrogens is 236 g/mol. The second-order valence-electron chi connectivity index (χ2n) is 4.40. The van der Waals surface area contributed by atoms with Crippen LogP contribution in [0, 0.1) is 11.6 Å². The first-order valence-corrected chi connectivity index (χ1v) is 6.29. The Kier molecular flexibility index (Phi) is 6.22. The lowest BCUT2D eigenvalue weighted by Gasteiger charge is -2.20. The minimum absolute atomic E-state index is 0.104. The molecule has 0 spiro atoms. The quantitative estimate of drug-likeness (QED) is 0.808. The molecule has 1 aromatic rings. The maximum absolute atomic E-state index is 13.7. The Labute approximate surface area is 107 Å². The number of hydrogen-bond donors (Lipinski definition) is 1. The monoisotopic (exact) mass is 257 g/mol. The zero-order chi connectivity index (χ0) is 13.5. The summed E-state index contributed by atoms with van der Waals surface area (Å²) in [6, 6.07) is 3.63. The molecule has 1 rings (SSSR count). The Morgan fingerprint density at radius 3 is 2.56 bits per heavy atom. The van der Waals surface area contributed by atoms with Crippen LogP contribution in [0.1, 0.15) is 38.3 Å². The van der Waals surface area contributed by atoms with E-state index in [9.17, 15) is 8.78 Å². The van der Waals surface area contributed by atoms with E-state index in [1.54, 1.807) is 7.11 Å². The number of halogens is 2. The first-order valence-electron chi connectivity index (χ1n) is 6.29. The minimum atomic E-state index is -0.545. The van der Waals surface area contributed by atoms with Crippen LogP contribution in [0.5, 0.6) is 0 Å². The normalized spacial score (nSPS) is 14.5. The van der Waals surface area contributed by atoms with Crippen molar-refractivity contribution in [2.75, 3.05) is 13.7 Å². The molecule has 0 aliphatic heterocycles. The predicted octanol–water partition coefficient (Wildman–Crippen LogP) is 3.43. The number of hydrogen-bond acceptors (Lipinski definition) is 2. The van der Waals surface area contributed by atoms with Crippen molar-refractivity contribution < 1.29 is 13.5 Å². The van der Waals surface area contributed by atoms with Gasteiger partial charge < -0.3 is 10.1 Å². The Hall–Kier alpha value is -1.00. The molecule has 0 bridgehead atoms. The summed E-state index contributed by atoms with van der Waals surface area (Å²) in [6.45, 7) is 4.68. The van der Waals surface area contributed by atoms with Crippen LogP contribution in [0.25, 0.3) is 0 Å². The second-order valence-corrected chi connectivity index (χ2v) is 4.40. The molecule has 1 aromatic carbocycles. The van der Waals surface area contributed by atoms with Gasteiger partial charge in [0.25, 0.3) is 0 Å². The third kappa shape index (κ3) is 4.35. The Morgan fingerprint density at radius 1 is 1.28 bits per heavy atom. The van der Waals surface area contributed by atoms with Gasteiger partial charge in [-0.3, -0.25) is 0 Å². The van der Waals surface area contributed by atoms with Crippen LogP contribution in [-0.2, 0) is 4.74 Å². The smallest absolute Gasteiger partial charge is 0.130 e. The third-order valence-corrected chi connectivity index (χ3v) is 3.05. The fraction of sp³-hybridized carbons (Fsp3) is 0.571. The summed E-state index contributed by atoms with van der Waals surface area (Å²) in [5.74, 6) is -1.04. The molecule has 2 unspecified atom stereocenters. The molecular formula is C14H21F2NO. The summed E-state index contributed by atoms with van der Waals surface area (Å²) in [6.07, 6.45) is 1.71. The van der Waals surface area contributed by atoms with Crippen LogP contribution in [0.3, 0.4) is 0 Å². The predicted molar refractivity (Wildman–Crippen MR) is 68.5 cm³/mol. The average molecular weight is 257 g/mol. The van der Waals surface area contributed by atoms with E-state index in [0.717, 1.165) is 25.5 Å². The largest absolute Gasteiger partial charge is 0.382 e. The van der Waals surface area contributed by atoms with E-state index in [2.05, 4.69) is 5.32 Å². The number of benzene rings is 1. The molecule has 2 atom stereocenters. The Bertz CT molecular complexity index is 371. The third-order valence-electron chi connectivity index (χ3n) is 3.05. The highest BCUT2D eigenvalue weighted by atomic mass is 19.1. The standard InChI is InChI=1S/C14H21F2NO/c1-4-17-14(8-5-10(2)18-3)12-7-6-11(15)9-13(12)16/h6-7,9-10,14,17H,4-5,8H2,1-3H3. The van der Waals surface area contributed by atoms with Gasteiger partial charge in [-0.2, -0.15) is 0 Å². The lowest BCUT2D eigenvalue weighted by atomic mass is 9.99. The lowest BCUT2D eigenvalue weighted by molar-refractivity contribution is 0.106. The number of methoxy groups -OCH3 is 1. The van der Waals surface area contributed by atoms with Gasteiger partial charge in [0.1, 0.15) is 11.6 Å². The van der Waals surface area contributed by atoms with E-state index in [-0.39, 0.29) is 12.1 Å². The van der Waals surface area contributed by atoms with Crippen LogP contribution >= 0.6 is 0 Å². The number of rotatable bonds is 7. The SMILES string of the molecule is CCNC(CCC(C)OC)c1ccc(F)cc1F. The van der Waals surface area contributed by atoms with Gasteiger partial charge in [0, 0.05) is 24.8 Å². The van der Waals surface area contributed by atoms with Gasteiger partial charge in [0.05, 0.1) is 6.10 Å². The van der Waals surface area contributed by atoms with Gasteiger partial charge in [0.15, 0.2) is 0 Å². The average Bonchev–Trinajstić information content (AvgIpc) is 2.34. The van der Waals surface area contributed by atoms with Gasteiger partial charge in [-0.1, -0.05) is 13.0 Å². The van der Waals surface area contributed by atoms with E-state index >= 15 is 0 Å². The molecule has 0 amide bonds. The van der Waals surface area contributed by atoms with Gasteiger partial charge in [-0.25, -0.2) is 8.78 Å². The van der Waals surface area contributed by atoms with Crippen molar-refractivity contribution in [3.8, 4) is 0 Å². The van der Waals surface area contributed by atoms with E-state index < -0.39 is 11.6 Å². The second kappa shape index (κ2) is 7.44. The molecule has 2 nitrogen and oxygen atoms in total. The maximum Gasteiger partial charge on any atom is 0.130 e. The summed E-state index contributed by atoms with van der Waals surface area (Å²) in [4.78, 5) is 0. The minimum Gasteiger partial charge on any atom is -0.382 e. The van der Waals surface area contributed by atoms with E-state index in [1.807, 2.05) is 13.8 Å². The zero-order valence-electron chi connectivity index (χ0n) is 11.2. The topological polar surface area (TPSA) is 21.3 Å². The van der Waals surface area contributed by atoms with Crippen LogP contribution in [0.2, 0.25) is 0 Å². The first-order chi connectivity index (χ1) is 8.58. The summed E-state index contributed by atoms with van der Waals surface area (Å²) in [5, 5.41) is 3.22. The molecule has 102 valence electrons. The van der Waals surface area contributed by atoms with Gasteiger partial charge >= 0.3 is 0 Å². The molecule has 0 fully saturated rings. The summed E-state index contributed by atoms with van der Waals surface area (Å²) >= 11 is 0. The maximum atomic E-state index is 13.7. The van der Waals surface area contributed by atoms with Crippen molar-refractivity contribution in [2.45, 2.75) is 38.8 Å². The fourth-order valence-electron chi connectivity index (χ4n) is 1.92. The molecule has 0 aromatic heterocycles. The Morgan fingerprint density at radius 2 is 2.00 bits per heavy atom. The summed E-state index contributed by atoms with van der Waals surface area (Å²) in [7, 11) is 1.66. The van der Waals surface area contributed by atoms with Crippen LogP contribution in [0.15, 0.2) is 18.2 Å². The molecule has 0 saturated carbocycles. The van der Waals surface area contributed by atoms with Gasteiger partial charge in [0.2, 0.25) is 0 Å². The summed E-state index contributed by atoms with van der Waals surface area (Å²) in [5.41, 5.74) is 0.515. The van der Waals surface area contributed by atoms with E-state index in [4.69, 9.17) is 4.74 Å². The highest BCUT2D eigenvalue weighted by molar-refractivity contribution is 5.22. The van der Waals surface area contributed by atoms with Crippen molar-refractivity contribution in [3.63, 3.8) is 0 Å². The molecule has 0 aliphatic rings. The molecule has 0 aliphatic carbocycles. The Balaban J connectivity index is 2.76. The molecule has 0 heterocycles. The van der Waals surface area contributed by atoms with Crippen molar-refractivity contribution in [2.24, 2.45) is 0 Å². The first kappa shape index (κ1) is 15.1. The lowest BCUT2D eigenvalue weighted by Crippen LogP contribution is -2.23. The number of nitrogens with one attached hydrogen (secondary N) is 1. The molecule has 0 radical (unpaired) electrons. The fourth-order valence-corrected chi connectivity index (χ4v) is 1.92. The van der Waals surface area contributed by atoms with E-state index in [0.29, 0.717) is 5.56 Å².